The van der Waals surface area contributed by atoms with Crippen LogP contribution in [-0.2, 0) is 19.4 Å². The van der Waals surface area contributed by atoms with Gasteiger partial charge in [0.2, 0.25) is 0 Å². The number of fused-ring (bicyclic) bond motifs is 2. The summed E-state index contributed by atoms with van der Waals surface area (Å²) in [7, 11) is 0. The number of nitrogens with zero attached hydrogens (tertiary/aromatic N) is 1. The Kier molecular flexibility index (Phi) is 4.25. The first-order chi connectivity index (χ1) is 13.7. The standard InChI is InChI=1S/C25H25N3/c1-16-9-21(20-7-8-24-25(13-20)28-15-27-24)10-17(2)23(16)14-26-22-11-18-5-3-4-6-19(18)12-22/h3-10,13,15,22,26H,11-12,14H2,1-2H3,(H,27,28). The molecule has 0 fully saturated rings. The number of imidazole rings is 1. The summed E-state index contributed by atoms with van der Waals surface area (Å²) in [6.07, 6.45) is 4.02. The number of benzene rings is 3. The van der Waals surface area contributed by atoms with Crippen LogP contribution in [0.4, 0.5) is 0 Å². The molecule has 0 aliphatic heterocycles. The third-order valence-corrected chi connectivity index (χ3v) is 6.07. The highest BCUT2D eigenvalue weighted by molar-refractivity contribution is 5.81. The van der Waals surface area contributed by atoms with Gasteiger partial charge in [-0.25, -0.2) is 4.98 Å². The number of aromatic amines is 1. The van der Waals surface area contributed by atoms with Crippen LogP contribution in [0, 0.1) is 13.8 Å². The second-order valence-electron chi connectivity index (χ2n) is 7.98. The molecule has 0 spiro atoms. The summed E-state index contributed by atoms with van der Waals surface area (Å²) in [6.45, 7) is 5.38. The van der Waals surface area contributed by atoms with Crippen molar-refractivity contribution in [2.24, 2.45) is 0 Å². The first kappa shape index (κ1) is 17.2. The van der Waals surface area contributed by atoms with E-state index in [-0.39, 0.29) is 0 Å². The molecule has 3 nitrogen and oxygen atoms in total. The minimum absolute atomic E-state index is 0.540. The fourth-order valence-electron chi connectivity index (χ4n) is 4.50. The van der Waals surface area contributed by atoms with Crippen molar-refractivity contribution in [2.45, 2.75) is 39.3 Å². The Morgan fingerprint density at radius 2 is 1.64 bits per heavy atom. The van der Waals surface area contributed by atoms with Crippen LogP contribution in [0.1, 0.15) is 27.8 Å². The predicted molar refractivity (Wildman–Crippen MR) is 115 cm³/mol. The molecule has 28 heavy (non-hydrogen) atoms. The first-order valence-electron chi connectivity index (χ1n) is 10.0. The molecule has 1 heterocycles. The number of rotatable bonds is 4. The Morgan fingerprint density at radius 3 is 2.36 bits per heavy atom. The summed E-state index contributed by atoms with van der Waals surface area (Å²) < 4.78 is 0. The zero-order chi connectivity index (χ0) is 19.1. The first-order valence-corrected chi connectivity index (χ1v) is 10.0. The number of aromatic nitrogens is 2. The average Bonchev–Trinajstić information content (AvgIpc) is 3.32. The Bertz CT molecular complexity index is 1110. The van der Waals surface area contributed by atoms with Crippen LogP contribution in [0.3, 0.4) is 0 Å². The van der Waals surface area contributed by atoms with Crippen molar-refractivity contribution in [2.75, 3.05) is 0 Å². The number of aryl methyl sites for hydroxylation is 2. The monoisotopic (exact) mass is 367 g/mol. The third kappa shape index (κ3) is 3.12. The Morgan fingerprint density at radius 1 is 0.929 bits per heavy atom. The van der Waals surface area contributed by atoms with Gasteiger partial charge in [-0.15, -0.1) is 0 Å². The van der Waals surface area contributed by atoms with Gasteiger partial charge in [0.25, 0.3) is 0 Å². The molecule has 1 aliphatic carbocycles. The van der Waals surface area contributed by atoms with E-state index in [2.05, 4.69) is 83.7 Å². The summed E-state index contributed by atoms with van der Waals surface area (Å²) in [5, 5.41) is 3.79. The van der Waals surface area contributed by atoms with Gasteiger partial charge in [0.1, 0.15) is 0 Å². The van der Waals surface area contributed by atoms with Gasteiger partial charge in [-0.05, 0) is 77.8 Å². The van der Waals surface area contributed by atoms with E-state index < -0.39 is 0 Å². The van der Waals surface area contributed by atoms with Gasteiger partial charge in [-0.2, -0.15) is 0 Å². The second kappa shape index (κ2) is 6.92. The van der Waals surface area contributed by atoms with E-state index in [4.69, 9.17) is 0 Å². The van der Waals surface area contributed by atoms with Crippen LogP contribution >= 0.6 is 0 Å². The fourth-order valence-corrected chi connectivity index (χ4v) is 4.50. The zero-order valence-electron chi connectivity index (χ0n) is 16.4. The van der Waals surface area contributed by atoms with Crippen molar-refractivity contribution in [1.29, 1.82) is 0 Å². The molecular formula is C25H25N3. The highest BCUT2D eigenvalue weighted by Crippen LogP contribution is 2.28. The van der Waals surface area contributed by atoms with Crippen LogP contribution in [0.15, 0.2) is 60.9 Å². The van der Waals surface area contributed by atoms with Crippen molar-refractivity contribution < 1.29 is 0 Å². The van der Waals surface area contributed by atoms with Crippen LogP contribution in [-0.4, -0.2) is 16.0 Å². The van der Waals surface area contributed by atoms with Crippen molar-refractivity contribution in [3.63, 3.8) is 0 Å². The van der Waals surface area contributed by atoms with Gasteiger partial charge in [-0.3, -0.25) is 0 Å². The largest absolute Gasteiger partial charge is 0.345 e. The highest BCUT2D eigenvalue weighted by Gasteiger charge is 2.20. The molecule has 0 bridgehead atoms. The van der Waals surface area contributed by atoms with Crippen molar-refractivity contribution in [1.82, 2.24) is 15.3 Å². The number of H-pyrrole nitrogens is 1. The average molecular weight is 367 g/mol. The lowest BCUT2D eigenvalue weighted by Gasteiger charge is -2.17. The molecule has 4 aromatic rings. The molecule has 0 saturated carbocycles. The molecule has 0 saturated heterocycles. The molecule has 140 valence electrons. The van der Waals surface area contributed by atoms with E-state index in [1.807, 2.05) is 0 Å². The van der Waals surface area contributed by atoms with Gasteiger partial charge in [-0.1, -0.05) is 42.5 Å². The molecule has 0 amide bonds. The summed E-state index contributed by atoms with van der Waals surface area (Å²) in [5.74, 6) is 0. The molecule has 0 unspecified atom stereocenters. The quantitative estimate of drug-likeness (QED) is 0.527. The minimum Gasteiger partial charge on any atom is -0.345 e. The predicted octanol–water partition coefficient (Wildman–Crippen LogP) is 5.10. The van der Waals surface area contributed by atoms with E-state index in [1.54, 1.807) is 6.33 Å². The molecule has 5 rings (SSSR count). The van der Waals surface area contributed by atoms with Gasteiger partial charge in [0.15, 0.2) is 0 Å². The number of hydrogen-bond acceptors (Lipinski definition) is 2. The van der Waals surface area contributed by atoms with E-state index >= 15 is 0 Å². The van der Waals surface area contributed by atoms with Crippen LogP contribution in [0.5, 0.6) is 0 Å². The van der Waals surface area contributed by atoms with Crippen LogP contribution < -0.4 is 5.32 Å². The molecule has 1 aromatic heterocycles. The topological polar surface area (TPSA) is 40.7 Å². The smallest absolute Gasteiger partial charge is 0.0931 e. The molecule has 3 aromatic carbocycles. The van der Waals surface area contributed by atoms with E-state index in [0.717, 1.165) is 30.4 Å². The molecule has 0 radical (unpaired) electrons. The fraction of sp³-hybridized carbons (Fsp3) is 0.240. The maximum Gasteiger partial charge on any atom is 0.0931 e. The van der Waals surface area contributed by atoms with Crippen LogP contribution in [0.25, 0.3) is 22.2 Å². The molecule has 1 aliphatic rings. The molecule has 2 N–H and O–H groups in total. The van der Waals surface area contributed by atoms with Gasteiger partial charge < -0.3 is 10.3 Å². The normalized spacial score (nSPS) is 13.9. The highest BCUT2D eigenvalue weighted by atomic mass is 14.9. The SMILES string of the molecule is Cc1cc(-c2ccc3nc[nH]c3c2)cc(C)c1CNC1Cc2ccccc2C1. The van der Waals surface area contributed by atoms with Gasteiger partial charge in [0.05, 0.1) is 17.4 Å². The molecular weight excluding hydrogens is 342 g/mol. The third-order valence-electron chi connectivity index (χ3n) is 6.07. The lowest BCUT2D eigenvalue weighted by molar-refractivity contribution is 0.531. The summed E-state index contributed by atoms with van der Waals surface area (Å²) in [4.78, 5) is 7.52. The van der Waals surface area contributed by atoms with E-state index in [0.29, 0.717) is 6.04 Å². The van der Waals surface area contributed by atoms with E-state index in [9.17, 15) is 0 Å². The number of nitrogens with one attached hydrogen (secondary N) is 2. The maximum atomic E-state index is 4.32. The van der Waals surface area contributed by atoms with Crippen molar-refractivity contribution >= 4 is 11.0 Å². The van der Waals surface area contributed by atoms with Crippen molar-refractivity contribution in [3.8, 4) is 11.1 Å². The second-order valence-corrected chi connectivity index (χ2v) is 7.98. The Labute approximate surface area is 165 Å². The number of hydrogen-bond donors (Lipinski definition) is 2. The summed E-state index contributed by atoms with van der Waals surface area (Å²) >= 11 is 0. The van der Waals surface area contributed by atoms with Crippen molar-refractivity contribution in [3.05, 3.63) is 88.7 Å². The zero-order valence-corrected chi connectivity index (χ0v) is 16.4. The molecule has 3 heteroatoms. The van der Waals surface area contributed by atoms with E-state index in [1.165, 1.54) is 38.9 Å². The lowest BCUT2D eigenvalue weighted by atomic mass is 9.95. The van der Waals surface area contributed by atoms with Gasteiger partial charge in [0, 0.05) is 12.6 Å². The Hall–Kier alpha value is -2.91. The summed E-state index contributed by atoms with van der Waals surface area (Å²) in [6, 6.07) is 20.4. The maximum absolute atomic E-state index is 4.32. The molecule has 0 atom stereocenters. The van der Waals surface area contributed by atoms with Gasteiger partial charge >= 0.3 is 0 Å². The Balaban J connectivity index is 1.35. The lowest BCUT2D eigenvalue weighted by Crippen LogP contribution is -2.29. The van der Waals surface area contributed by atoms with Crippen LogP contribution in [0.2, 0.25) is 0 Å². The summed E-state index contributed by atoms with van der Waals surface area (Å²) in [5.41, 5.74) is 11.7. The minimum atomic E-state index is 0.540.